The first kappa shape index (κ1) is 25.6. The van der Waals surface area contributed by atoms with E-state index in [2.05, 4.69) is 43.1 Å². The van der Waals surface area contributed by atoms with E-state index in [1.165, 1.54) is 0 Å². The molecule has 33 heavy (non-hydrogen) atoms. The molecule has 2 bridgehead atoms. The summed E-state index contributed by atoms with van der Waals surface area (Å²) in [5.74, 6) is 1.27. The number of hydrogen-bond acceptors (Lipinski definition) is 6. The SMILES string of the molecule is CCCNC(=O)N1C[C@@H]2CN(c3ccc(OCCCS(=O)(=O)CCN)cc3)[C@H](C1)C(C)(C)C2. The second-order valence-electron chi connectivity index (χ2n) is 10.0. The number of hydrogen-bond donors (Lipinski definition) is 2. The number of carbonyl (C=O) groups excluding carboxylic acids is 1. The molecule has 3 heterocycles. The molecule has 1 aromatic carbocycles. The van der Waals surface area contributed by atoms with Crippen LogP contribution in [0.25, 0.3) is 0 Å². The number of fused-ring (bicyclic) bond motifs is 4. The van der Waals surface area contributed by atoms with Crippen molar-refractivity contribution in [2.75, 3.05) is 55.7 Å². The highest BCUT2D eigenvalue weighted by Crippen LogP contribution is 2.43. The molecule has 8 nitrogen and oxygen atoms in total. The summed E-state index contributed by atoms with van der Waals surface area (Å²) in [7, 11) is -3.09. The Morgan fingerprint density at radius 1 is 1.18 bits per heavy atom. The fourth-order valence-electron chi connectivity index (χ4n) is 5.11. The molecule has 3 aliphatic heterocycles. The Morgan fingerprint density at radius 3 is 2.58 bits per heavy atom. The smallest absolute Gasteiger partial charge is 0.317 e. The maximum atomic E-state index is 12.7. The van der Waals surface area contributed by atoms with Crippen molar-refractivity contribution in [1.29, 1.82) is 0 Å². The first-order chi connectivity index (χ1) is 15.6. The van der Waals surface area contributed by atoms with Gasteiger partial charge in [0.2, 0.25) is 0 Å². The van der Waals surface area contributed by atoms with E-state index in [9.17, 15) is 13.2 Å². The molecule has 0 saturated carbocycles. The fraction of sp³-hybridized carbons (Fsp3) is 0.708. The van der Waals surface area contributed by atoms with Gasteiger partial charge in [-0.3, -0.25) is 0 Å². The van der Waals surface area contributed by atoms with Crippen molar-refractivity contribution in [2.45, 2.75) is 46.1 Å². The monoisotopic (exact) mass is 480 g/mol. The summed E-state index contributed by atoms with van der Waals surface area (Å²) in [6, 6.07) is 8.31. The van der Waals surface area contributed by atoms with Crippen LogP contribution < -0.4 is 20.7 Å². The number of piperidine rings is 1. The Balaban J connectivity index is 1.62. The molecule has 0 unspecified atom stereocenters. The van der Waals surface area contributed by atoms with E-state index in [1.807, 2.05) is 17.0 Å². The average molecular weight is 481 g/mol. The average Bonchev–Trinajstić information content (AvgIpc) is 3.02. The Morgan fingerprint density at radius 2 is 1.91 bits per heavy atom. The third kappa shape index (κ3) is 6.76. The van der Waals surface area contributed by atoms with Gasteiger partial charge in [-0.2, -0.15) is 0 Å². The van der Waals surface area contributed by atoms with E-state index in [4.69, 9.17) is 10.5 Å². The Labute approximate surface area is 198 Å². The van der Waals surface area contributed by atoms with Crippen LogP contribution in [0.5, 0.6) is 5.75 Å². The van der Waals surface area contributed by atoms with E-state index in [-0.39, 0.29) is 35.5 Å². The van der Waals surface area contributed by atoms with E-state index in [0.29, 0.717) is 32.0 Å². The fourth-order valence-corrected chi connectivity index (χ4v) is 6.23. The van der Waals surface area contributed by atoms with Gasteiger partial charge in [-0.05, 0) is 54.9 Å². The van der Waals surface area contributed by atoms with Crippen LogP contribution in [0.1, 0.15) is 40.0 Å². The number of nitrogens with two attached hydrogens (primary N) is 1. The zero-order valence-electron chi connectivity index (χ0n) is 20.3. The normalized spacial score (nSPS) is 22.2. The number of amides is 2. The van der Waals surface area contributed by atoms with Crippen molar-refractivity contribution >= 4 is 21.6 Å². The molecule has 3 aliphatic rings. The highest BCUT2D eigenvalue weighted by molar-refractivity contribution is 7.91. The lowest BCUT2D eigenvalue weighted by Crippen LogP contribution is -2.54. The van der Waals surface area contributed by atoms with Crippen LogP contribution in [0.3, 0.4) is 0 Å². The summed E-state index contributed by atoms with van der Waals surface area (Å²) in [6.07, 6.45) is 2.49. The number of nitrogens with one attached hydrogen (secondary N) is 1. The molecule has 2 atom stereocenters. The van der Waals surface area contributed by atoms with E-state index in [1.54, 1.807) is 0 Å². The molecule has 0 radical (unpaired) electrons. The third-order valence-electron chi connectivity index (χ3n) is 6.70. The van der Waals surface area contributed by atoms with Gasteiger partial charge in [0, 0.05) is 38.4 Å². The van der Waals surface area contributed by atoms with Crippen LogP contribution in [0, 0.1) is 11.3 Å². The van der Waals surface area contributed by atoms with Gasteiger partial charge in [0.25, 0.3) is 0 Å². The van der Waals surface area contributed by atoms with E-state index < -0.39 is 9.84 Å². The second-order valence-corrected chi connectivity index (χ2v) is 12.3. The van der Waals surface area contributed by atoms with Gasteiger partial charge in [0.15, 0.2) is 9.84 Å². The van der Waals surface area contributed by atoms with Gasteiger partial charge in [-0.1, -0.05) is 20.8 Å². The van der Waals surface area contributed by atoms with E-state index in [0.717, 1.165) is 37.4 Å². The zero-order chi connectivity index (χ0) is 24.1. The summed E-state index contributed by atoms with van der Waals surface area (Å²) in [5, 5.41) is 3.04. The maximum Gasteiger partial charge on any atom is 0.317 e. The lowest BCUT2D eigenvalue weighted by atomic mass is 9.73. The molecule has 9 heteroatoms. The van der Waals surface area contributed by atoms with Gasteiger partial charge >= 0.3 is 6.03 Å². The van der Waals surface area contributed by atoms with Gasteiger partial charge in [-0.25, -0.2) is 13.2 Å². The number of anilines is 1. The molecule has 186 valence electrons. The largest absolute Gasteiger partial charge is 0.494 e. The molecule has 3 N–H and O–H groups in total. The van der Waals surface area contributed by atoms with Crippen molar-refractivity contribution in [1.82, 2.24) is 10.2 Å². The summed E-state index contributed by atoms with van der Waals surface area (Å²) < 4.78 is 29.3. The van der Waals surface area contributed by atoms with Crippen molar-refractivity contribution in [3.63, 3.8) is 0 Å². The number of urea groups is 1. The topological polar surface area (TPSA) is 105 Å². The van der Waals surface area contributed by atoms with Gasteiger partial charge in [0.1, 0.15) is 5.75 Å². The third-order valence-corrected chi connectivity index (χ3v) is 8.47. The first-order valence-electron chi connectivity index (χ1n) is 12.1. The van der Waals surface area contributed by atoms with Crippen LogP contribution in [-0.4, -0.2) is 76.2 Å². The summed E-state index contributed by atoms with van der Waals surface area (Å²) in [5.41, 5.74) is 6.57. The number of sulfone groups is 1. The van der Waals surface area contributed by atoms with Crippen molar-refractivity contribution in [3.8, 4) is 5.75 Å². The van der Waals surface area contributed by atoms with Crippen LogP contribution in [0.2, 0.25) is 0 Å². The lowest BCUT2D eigenvalue weighted by Gasteiger charge is -2.48. The minimum Gasteiger partial charge on any atom is -0.494 e. The van der Waals surface area contributed by atoms with E-state index >= 15 is 0 Å². The molecular formula is C24H40N4O4S. The van der Waals surface area contributed by atoms with Crippen LogP contribution >= 0.6 is 0 Å². The summed E-state index contributed by atoms with van der Waals surface area (Å²) >= 11 is 0. The standard InChI is InChI=1S/C24H40N4O4S/c1-4-11-26-23(29)27-16-19-15-24(2,3)22(18-27)28(17-19)20-6-8-21(9-7-20)32-12-5-13-33(30,31)14-10-25/h6-9,19,22H,4-5,10-18,25H2,1-3H3,(H,26,29)/t19-,22-/m1/s1. The number of benzene rings is 1. The predicted molar refractivity (Wildman–Crippen MR) is 133 cm³/mol. The minimum atomic E-state index is -3.09. The first-order valence-corrected chi connectivity index (χ1v) is 13.9. The maximum absolute atomic E-state index is 12.7. The summed E-state index contributed by atoms with van der Waals surface area (Å²) in [4.78, 5) is 17.1. The van der Waals surface area contributed by atoms with Gasteiger partial charge in [0.05, 0.1) is 24.2 Å². The van der Waals surface area contributed by atoms with Crippen molar-refractivity contribution < 1.29 is 17.9 Å². The lowest BCUT2D eigenvalue weighted by molar-refractivity contribution is 0.187. The van der Waals surface area contributed by atoms with Gasteiger partial charge in [-0.15, -0.1) is 0 Å². The van der Waals surface area contributed by atoms with Crippen molar-refractivity contribution in [3.05, 3.63) is 24.3 Å². The molecule has 3 fully saturated rings. The number of carbonyl (C=O) groups is 1. The molecule has 1 aromatic rings. The highest BCUT2D eigenvalue weighted by Gasteiger charge is 2.46. The van der Waals surface area contributed by atoms with Crippen LogP contribution in [0.4, 0.5) is 10.5 Å². The van der Waals surface area contributed by atoms with Crippen LogP contribution in [0.15, 0.2) is 24.3 Å². The second kappa shape index (κ2) is 11.0. The van der Waals surface area contributed by atoms with Crippen molar-refractivity contribution in [2.24, 2.45) is 17.1 Å². The Hall–Kier alpha value is -2.00. The number of nitrogens with zero attached hydrogens (tertiary/aromatic N) is 2. The Kier molecular flexibility index (Phi) is 8.50. The molecule has 4 rings (SSSR count). The molecule has 0 aromatic heterocycles. The highest BCUT2D eigenvalue weighted by atomic mass is 32.2. The molecule has 2 amide bonds. The Bertz CT molecular complexity index is 888. The zero-order valence-corrected chi connectivity index (χ0v) is 21.1. The molecular weight excluding hydrogens is 440 g/mol. The molecule has 0 aliphatic carbocycles. The number of rotatable bonds is 10. The minimum absolute atomic E-state index is 0.0216. The molecule has 0 spiro atoms. The molecule has 3 saturated heterocycles. The quantitative estimate of drug-likeness (QED) is 0.499. The van der Waals surface area contributed by atoms with Crippen LogP contribution in [-0.2, 0) is 9.84 Å². The number of ether oxygens (including phenoxy) is 1. The summed E-state index contributed by atoms with van der Waals surface area (Å²) in [6.45, 7) is 10.3. The van der Waals surface area contributed by atoms with Gasteiger partial charge < -0.3 is 25.6 Å². The predicted octanol–water partition coefficient (Wildman–Crippen LogP) is 2.49.